The fraction of sp³-hybridized carbons (Fsp3) is 0.571. The van der Waals surface area contributed by atoms with Crippen molar-refractivity contribution in [2.24, 2.45) is 5.92 Å². The van der Waals surface area contributed by atoms with Gasteiger partial charge in [0.2, 0.25) is 10.0 Å². The van der Waals surface area contributed by atoms with E-state index in [9.17, 15) is 8.42 Å². The van der Waals surface area contributed by atoms with E-state index in [1.807, 2.05) is 7.05 Å². The summed E-state index contributed by atoms with van der Waals surface area (Å²) < 4.78 is 27.3. The van der Waals surface area contributed by atoms with Crippen LogP contribution in [0.4, 0.5) is 5.69 Å². The second-order valence-electron chi connectivity index (χ2n) is 5.35. The highest BCUT2D eigenvalue weighted by Crippen LogP contribution is 2.25. The van der Waals surface area contributed by atoms with E-state index in [2.05, 4.69) is 17.0 Å². The largest absolute Gasteiger partial charge is 0.388 e. The number of nitrogens with one attached hydrogen (secondary N) is 2. The molecule has 0 heterocycles. The minimum Gasteiger partial charge on any atom is -0.388 e. The highest BCUT2D eigenvalue weighted by molar-refractivity contribution is 7.89. The van der Waals surface area contributed by atoms with Gasteiger partial charge in [0, 0.05) is 18.8 Å². The van der Waals surface area contributed by atoms with Crippen molar-refractivity contribution in [3.8, 4) is 0 Å². The Balaban J connectivity index is 2.05. The molecule has 106 valence electrons. The fourth-order valence-electron chi connectivity index (χ4n) is 2.47. The number of sulfonamides is 1. The third-order valence-electron chi connectivity index (χ3n) is 3.79. The third-order valence-corrected chi connectivity index (χ3v) is 5.33. The molecule has 0 spiro atoms. The molecule has 2 N–H and O–H groups in total. The van der Waals surface area contributed by atoms with E-state index in [1.165, 1.54) is 0 Å². The molecule has 1 saturated carbocycles. The van der Waals surface area contributed by atoms with E-state index >= 15 is 0 Å². The highest BCUT2D eigenvalue weighted by atomic mass is 32.2. The minimum absolute atomic E-state index is 0.0881. The van der Waals surface area contributed by atoms with Gasteiger partial charge in [-0.05, 0) is 55.9 Å². The van der Waals surface area contributed by atoms with Gasteiger partial charge >= 0.3 is 0 Å². The number of hydrogen-bond acceptors (Lipinski definition) is 3. The first-order valence-corrected chi connectivity index (χ1v) is 8.30. The van der Waals surface area contributed by atoms with Crippen molar-refractivity contribution in [3.63, 3.8) is 0 Å². The zero-order chi connectivity index (χ0) is 13.9. The van der Waals surface area contributed by atoms with Gasteiger partial charge in [-0.1, -0.05) is 6.92 Å². The lowest BCUT2D eigenvalue weighted by molar-refractivity contribution is 0.332. The first-order chi connectivity index (χ1) is 9.01. The van der Waals surface area contributed by atoms with E-state index in [0.29, 0.717) is 4.90 Å². The normalized spacial score (nSPS) is 24.1. The maximum Gasteiger partial charge on any atom is 0.240 e. The molecule has 0 amide bonds. The Morgan fingerprint density at radius 2 is 1.63 bits per heavy atom. The van der Waals surface area contributed by atoms with Crippen LogP contribution in [0.5, 0.6) is 0 Å². The molecular weight excluding hydrogens is 260 g/mol. The Hall–Kier alpha value is -1.07. The molecule has 1 aromatic carbocycles. The Bertz CT molecular complexity index is 503. The molecule has 0 bridgehead atoms. The standard InChI is InChI=1S/C14H22N2O2S/c1-11-3-5-13(6-4-11)16-19(17,18)14-9-7-12(15-2)8-10-14/h7-11,13,15-16H,3-6H2,1-2H3. The summed E-state index contributed by atoms with van der Waals surface area (Å²) in [5, 5.41) is 2.98. The van der Waals surface area contributed by atoms with Crippen molar-refractivity contribution < 1.29 is 8.42 Å². The second-order valence-corrected chi connectivity index (χ2v) is 7.07. The van der Waals surface area contributed by atoms with Crippen molar-refractivity contribution in [1.82, 2.24) is 4.72 Å². The van der Waals surface area contributed by atoms with Crippen molar-refractivity contribution in [2.75, 3.05) is 12.4 Å². The average molecular weight is 282 g/mol. The van der Waals surface area contributed by atoms with E-state index in [1.54, 1.807) is 24.3 Å². The Kier molecular flexibility index (Phi) is 4.47. The maximum absolute atomic E-state index is 12.3. The van der Waals surface area contributed by atoms with Crippen LogP contribution in [0.15, 0.2) is 29.2 Å². The van der Waals surface area contributed by atoms with Crippen LogP contribution in [-0.4, -0.2) is 21.5 Å². The molecular formula is C14H22N2O2S. The van der Waals surface area contributed by atoms with Crippen LogP contribution in [-0.2, 0) is 10.0 Å². The van der Waals surface area contributed by atoms with Crippen LogP contribution in [0.3, 0.4) is 0 Å². The smallest absolute Gasteiger partial charge is 0.240 e. The van der Waals surface area contributed by atoms with Crippen LogP contribution in [0.25, 0.3) is 0 Å². The maximum atomic E-state index is 12.3. The molecule has 0 atom stereocenters. The first kappa shape index (κ1) is 14.3. The molecule has 0 saturated heterocycles. The average Bonchev–Trinajstić information content (AvgIpc) is 2.41. The molecule has 0 aromatic heterocycles. The van der Waals surface area contributed by atoms with Crippen molar-refractivity contribution in [2.45, 2.75) is 43.5 Å². The Morgan fingerprint density at radius 3 is 2.16 bits per heavy atom. The summed E-state index contributed by atoms with van der Waals surface area (Å²) in [6, 6.07) is 6.92. The summed E-state index contributed by atoms with van der Waals surface area (Å²) in [5.74, 6) is 0.718. The van der Waals surface area contributed by atoms with Gasteiger partial charge in [-0.15, -0.1) is 0 Å². The molecule has 19 heavy (non-hydrogen) atoms. The van der Waals surface area contributed by atoms with Gasteiger partial charge < -0.3 is 5.32 Å². The highest BCUT2D eigenvalue weighted by Gasteiger charge is 2.23. The van der Waals surface area contributed by atoms with Crippen LogP contribution in [0, 0.1) is 5.92 Å². The van der Waals surface area contributed by atoms with Gasteiger partial charge in [0.1, 0.15) is 0 Å². The number of benzene rings is 1. The van der Waals surface area contributed by atoms with Crippen LogP contribution in [0.1, 0.15) is 32.6 Å². The van der Waals surface area contributed by atoms with Gasteiger partial charge in [0.25, 0.3) is 0 Å². The van der Waals surface area contributed by atoms with Crippen molar-refractivity contribution in [1.29, 1.82) is 0 Å². The lowest BCUT2D eigenvalue weighted by atomic mass is 9.88. The lowest BCUT2D eigenvalue weighted by Gasteiger charge is -2.26. The predicted molar refractivity (Wildman–Crippen MR) is 77.7 cm³/mol. The molecule has 0 radical (unpaired) electrons. The van der Waals surface area contributed by atoms with Gasteiger partial charge in [0.15, 0.2) is 0 Å². The van der Waals surface area contributed by atoms with E-state index in [4.69, 9.17) is 0 Å². The van der Waals surface area contributed by atoms with E-state index < -0.39 is 10.0 Å². The van der Waals surface area contributed by atoms with Gasteiger partial charge in [-0.3, -0.25) is 0 Å². The van der Waals surface area contributed by atoms with Gasteiger partial charge in [0.05, 0.1) is 4.90 Å². The van der Waals surface area contributed by atoms with E-state index in [0.717, 1.165) is 37.3 Å². The summed E-state index contributed by atoms with van der Waals surface area (Å²) in [5.41, 5.74) is 0.908. The Morgan fingerprint density at radius 1 is 1.05 bits per heavy atom. The number of hydrogen-bond donors (Lipinski definition) is 2. The first-order valence-electron chi connectivity index (χ1n) is 6.81. The molecule has 5 heteroatoms. The zero-order valence-corrected chi connectivity index (χ0v) is 12.3. The topological polar surface area (TPSA) is 58.2 Å². The summed E-state index contributed by atoms with van der Waals surface area (Å²) in [7, 11) is -1.57. The zero-order valence-electron chi connectivity index (χ0n) is 11.5. The van der Waals surface area contributed by atoms with Crippen molar-refractivity contribution in [3.05, 3.63) is 24.3 Å². The van der Waals surface area contributed by atoms with Crippen LogP contribution >= 0.6 is 0 Å². The molecule has 0 aliphatic heterocycles. The predicted octanol–water partition coefficient (Wildman–Crippen LogP) is 2.59. The molecule has 1 aliphatic rings. The number of anilines is 1. The quantitative estimate of drug-likeness (QED) is 0.892. The fourth-order valence-corrected chi connectivity index (χ4v) is 3.77. The molecule has 1 aromatic rings. The van der Waals surface area contributed by atoms with Gasteiger partial charge in [-0.2, -0.15) is 0 Å². The lowest BCUT2D eigenvalue weighted by Crippen LogP contribution is -2.37. The summed E-state index contributed by atoms with van der Waals surface area (Å²) in [6.07, 6.45) is 4.09. The van der Waals surface area contributed by atoms with Crippen LogP contribution in [0.2, 0.25) is 0 Å². The second kappa shape index (κ2) is 5.92. The molecule has 0 unspecified atom stereocenters. The van der Waals surface area contributed by atoms with Crippen molar-refractivity contribution >= 4 is 15.7 Å². The SMILES string of the molecule is CNc1ccc(S(=O)(=O)NC2CCC(C)CC2)cc1. The van der Waals surface area contributed by atoms with Crippen LogP contribution < -0.4 is 10.0 Å². The van der Waals surface area contributed by atoms with Gasteiger partial charge in [-0.25, -0.2) is 13.1 Å². The molecule has 1 fully saturated rings. The molecule has 2 rings (SSSR count). The summed E-state index contributed by atoms with van der Waals surface area (Å²) in [6.45, 7) is 2.22. The minimum atomic E-state index is -3.38. The summed E-state index contributed by atoms with van der Waals surface area (Å²) >= 11 is 0. The third kappa shape index (κ3) is 3.70. The molecule has 4 nitrogen and oxygen atoms in total. The summed E-state index contributed by atoms with van der Waals surface area (Å²) in [4.78, 5) is 0.338. The van der Waals surface area contributed by atoms with E-state index in [-0.39, 0.29) is 6.04 Å². The number of rotatable bonds is 4. The molecule has 1 aliphatic carbocycles. The Labute approximate surface area is 115 Å². The monoisotopic (exact) mass is 282 g/mol.